The van der Waals surface area contributed by atoms with Crippen molar-refractivity contribution < 1.29 is 19.1 Å². The van der Waals surface area contributed by atoms with Gasteiger partial charge < -0.3 is 9.47 Å². The molecule has 0 saturated heterocycles. The molecular weight excluding hydrogens is 617 g/mol. The average molecular weight is 669 g/mol. The van der Waals surface area contributed by atoms with Gasteiger partial charge in [-0.05, 0) is 103 Å². The van der Waals surface area contributed by atoms with Crippen LogP contribution in [0.15, 0.2) is 60.7 Å². The van der Waals surface area contributed by atoms with Crippen LogP contribution in [0.25, 0.3) is 0 Å². The van der Waals surface area contributed by atoms with E-state index in [0.717, 1.165) is 92.8 Å². The Morgan fingerprint density at radius 2 is 0.940 bits per heavy atom. The minimum atomic E-state index is -0.420. The molecule has 2 heterocycles. The standard InChI is InChI=1S/C46H52O4/c1-25-14-16-27(3)33(18-25)39-35-21-31(23-37(45(5,6)7)41(35)49-43(39)47)29-12-11-13-30(20-29)32-22-36-40(34-19-26(2)15-17-28(34)4)44(48)50-42(36)38(24-32)46(8,9)10/h14-19,21-24,29-30,39-40H,11-13,20H2,1-10H3. The number of rotatable bonds is 4. The first-order valence-corrected chi connectivity index (χ1v) is 18.5. The zero-order valence-corrected chi connectivity index (χ0v) is 31.5. The van der Waals surface area contributed by atoms with Crippen molar-refractivity contribution in [2.45, 2.75) is 129 Å². The highest BCUT2D eigenvalue weighted by Gasteiger charge is 2.42. The third-order valence-corrected chi connectivity index (χ3v) is 11.5. The van der Waals surface area contributed by atoms with Gasteiger partial charge in [0.15, 0.2) is 0 Å². The third kappa shape index (κ3) is 5.99. The summed E-state index contributed by atoms with van der Waals surface area (Å²) >= 11 is 0. The molecule has 4 aromatic rings. The van der Waals surface area contributed by atoms with Crippen molar-refractivity contribution in [3.05, 3.63) is 127 Å². The van der Waals surface area contributed by atoms with Crippen LogP contribution in [0.5, 0.6) is 11.5 Å². The summed E-state index contributed by atoms with van der Waals surface area (Å²) in [5, 5.41) is 0. The Kier molecular flexibility index (Phi) is 8.40. The Labute approximate surface area is 298 Å². The zero-order chi connectivity index (χ0) is 35.9. The minimum Gasteiger partial charge on any atom is -0.425 e. The molecule has 4 heteroatoms. The maximum atomic E-state index is 13.6. The van der Waals surface area contributed by atoms with E-state index in [1.165, 1.54) is 11.1 Å². The molecule has 0 radical (unpaired) electrons. The van der Waals surface area contributed by atoms with Crippen LogP contribution in [0.4, 0.5) is 0 Å². The molecule has 7 rings (SSSR count). The lowest BCUT2D eigenvalue weighted by molar-refractivity contribution is -0.134. The Morgan fingerprint density at radius 3 is 1.32 bits per heavy atom. The monoisotopic (exact) mass is 668 g/mol. The second-order valence-electron chi connectivity index (χ2n) is 17.5. The van der Waals surface area contributed by atoms with Gasteiger partial charge >= 0.3 is 11.9 Å². The zero-order valence-electron chi connectivity index (χ0n) is 31.5. The van der Waals surface area contributed by atoms with E-state index in [1.807, 2.05) is 0 Å². The third-order valence-electron chi connectivity index (χ3n) is 11.5. The van der Waals surface area contributed by atoms with Crippen LogP contribution in [-0.2, 0) is 20.4 Å². The van der Waals surface area contributed by atoms with Crippen LogP contribution in [0.3, 0.4) is 0 Å². The van der Waals surface area contributed by atoms with Gasteiger partial charge in [0.25, 0.3) is 0 Å². The van der Waals surface area contributed by atoms with Crippen molar-refractivity contribution in [3.8, 4) is 11.5 Å². The quantitative estimate of drug-likeness (QED) is 0.160. The van der Waals surface area contributed by atoms with Gasteiger partial charge in [-0.15, -0.1) is 0 Å². The summed E-state index contributed by atoms with van der Waals surface area (Å²) in [7, 11) is 0. The first-order chi connectivity index (χ1) is 23.5. The summed E-state index contributed by atoms with van der Waals surface area (Å²) in [6, 6.07) is 22.0. The highest BCUT2D eigenvalue weighted by Crippen LogP contribution is 2.52. The molecule has 1 fully saturated rings. The first-order valence-electron chi connectivity index (χ1n) is 18.5. The molecule has 4 nitrogen and oxygen atoms in total. The van der Waals surface area contributed by atoms with Gasteiger partial charge in [-0.1, -0.05) is 120 Å². The molecular formula is C46H52O4. The molecule has 1 saturated carbocycles. The highest BCUT2D eigenvalue weighted by atomic mass is 16.5. The van der Waals surface area contributed by atoms with E-state index in [1.54, 1.807) is 0 Å². The molecule has 4 atom stereocenters. The lowest BCUT2D eigenvalue weighted by atomic mass is 9.71. The maximum Gasteiger partial charge on any atom is 0.323 e. The van der Waals surface area contributed by atoms with Gasteiger partial charge in [-0.2, -0.15) is 0 Å². The average Bonchev–Trinajstić information content (AvgIpc) is 3.56. The molecule has 0 aromatic heterocycles. The fraction of sp³-hybridized carbons (Fsp3) is 0.435. The number of aryl methyl sites for hydroxylation is 4. The van der Waals surface area contributed by atoms with Crippen molar-refractivity contribution in [1.82, 2.24) is 0 Å². The molecule has 0 spiro atoms. The largest absolute Gasteiger partial charge is 0.425 e. The normalized spacial score (nSPS) is 21.9. The number of carbonyl (C=O) groups excluding carboxylic acids is 2. The molecule has 4 aromatic carbocycles. The molecule has 1 aliphatic carbocycles. The van der Waals surface area contributed by atoms with E-state index in [9.17, 15) is 9.59 Å². The van der Waals surface area contributed by atoms with Crippen molar-refractivity contribution in [3.63, 3.8) is 0 Å². The van der Waals surface area contributed by atoms with Crippen LogP contribution in [-0.4, -0.2) is 11.9 Å². The SMILES string of the molecule is Cc1ccc(C)c(C2C(=O)Oc3c2cc(C2CCCC(c4cc5c(c(C(C)(C)C)c4)OC(=O)C5c4cc(C)ccc4C)C2)cc3C(C)(C)C)c1. The topological polar surface area (TPSA) is 52.6 Å². The molecule has 3 aliphatic rings. The summed E-state index contributed by atoms with van der Waals surface area (Å²) in [4.78, 5) is 27.3. The van der Waals surface area contributed by atoms with Crippen LogP contribution in [0.2, 0.25) is 0 Å². The van der Waals surface area contributed by atoms with Crippen LogP contribution in [0.1, 0.15) is 158 Å². The molecule has 4 unspecified atom stereocenters. The van der Waals surface area contributed by atoms with E-state index in [-0.39, 0.29) is 22.8 Å². The number of carbonyl (C=O) groups is 2. The van der Waals surface area contributed by atoms with E-state index < -0.39 is 11.8 Å². The van der Waals surface area contributed by atoms with Crippen LogP contribution >= 0.6 is 0 Å². The van der Waals surface area contributed by atoms with Crippen molar-refractivity contribution in [1.29, 1.82) is 0 Å². The summed E-state index contributed by atoms with van der Waals surface area (Å²) < 4.78 is 12.3. The molecule has 0 bridgehead atoms. The number of fused-ring (bicyclic) bond motifs is 2. The van der Waals surface area contributed by atoms with Gasteiger partial charge in [0.1, 0.15) is 23.3 Å². The Balaban J connectivity index is 1.31. The number of ether oxygens (including phenoxy) is 2. The second-order valence-corrected chi connectivity index (χ2v) is 17.5. The number of hydrogen-bond donors (Lipinski definition) is 0. The van der Waals surface area contributed by atoms with Crippen LogP contribution in [0, 0.1) is 27.7 Å². The summed E-state index contributed by atoms with van der Waals surface area (Å²) in [6.07, 6.45) is 4.33. The van der Waals surface area contributed by atoms with Gasteiger partial charge in [-0.25, -0.2) is 0 Å². The minimum absolute atomic E-state index is 0.180. The smallest absolute Gasteiger partial charge is 0.323 e. The molecule has 0 amide bonds. The maximum absolute atomic E-state index is 13.6. The predicted molar refractivity (Wildman–Crippen MR) is 201 cm³/mol. The number of esters is 2. The summed E-state index contributed by atoms with van der Waals surface area (Å²) in [5.41, 5.74) is 13.0. The molecule has 260 valence electrons. The molecule has 50 heavy (non-hydrogen) atoms. The number of hydrogen-bond acceptors (Lipinski definition) is 4. The van der Waals surface area contributed by atoms with Crippen molar-refractivity contribution >= 4 is 11.9 Å². The van der Waals surface area contributed by atoms with Gasteiger partial charge in [0, 0.05) is 22.3 Å². The predicted octanol–water partition coefficient (Wildman–Crippen LogP) is 11.1. The lowest BCUT2D eigenvalue weighted by Gasteiger charge is -2.33. The Bertz CT molecular complexity index is 1890. The van der Waals surface area contributed by atoms with E-state index >= 15 is 0 Å². The highest BCUT2D eigenvalue weighted by molar-refractivity contribution is 5.92. The van der Waals surface area contributed by atoms with Crippen LogP contribution < -0.4 is 9.47 Å². The van der Waals surface area contributed by atoms with Gasteiger partial charge in [0.05, 0.1) is 0 Å². The number of benzene rings is 4. The fourth-order valence-corrected chi connectivity index (χ4v) is 8.69. The second kappa shape index (κ2) is 12.2. The van der Waals surface area contributed by atoms with E-state index in [0.29, 0.717) is 11.8 Å². The van der Waals surface area contributed by atoms with E-state index in [4.69, 9.17) is 9.47 Å². The summed E-state index contributed by atoms with van der Waals surface area (Å²) in [6.45, 7) is 21.6. The summed E-state index contributed by atoms with van der Waals surface area (Å²) in [5.74, 6) is 0.983. The first kappa shape index (κ1) is 34.3. The molecule has 0 N–H and O–H groups in total. The van der Waals surface area contributed by atoms with Crippen molar-refractivity contribution in [2.75, 3.05) is 0 Å². The van der Waals surface area contributed by atoms with Gasteiger partial charge in [-0.3, -0.25) is 9.59 Å². The lowest BCUT2D eigenvalue weighted by Crippen LogP contribution is -2.18. The van der Waals surface area contributed by atoms with E-state index in [2.05, 4.69) is 130 Å². The molecule has 2 aliphatic heterocycles. The Hall–Kier alpha value is -4.18. The fourth-order valence-electron chi connectivity index (χ4n) is 8.69. The van der Waals surface area contributed by atoms with Crippen molar-refractivity contribution in [2.24, 2.45) is 0 Å². The van der Waals surface area contributed by atoms with Gasteiger partial charge in [0.2, 0.25) is 0 Å². The Morgan fingerprint density at radius 1 is 0.540 bits per heavy atom.